The second-order valence-corrected chi connectivity index (χ2v) is 7.63. The minimum absolute atomic E-state index is 0.237. The van der Waals surface area contributed by atoms with E-state index in [0.717, 1.165) is 32.1 Å². The molecule has 2 aliphatic rings. The first kappa shape index (κ1) is 16.3. The highest BCUT2D eigenvalue weighted by Crippen LogP contribution is 2.40. The van der Waals surface area contributed by atoms with Gasteiger partial charge in [0.05, 0.1) is 18.8 Å². The van der Waals surface area contributed by atoms with Crippen molar-refractivity contribution in [1.82, 2.24) is 5.32 Å². The van der Waals surface area contributed by atoms with Crippen LogP contribution in [-0.4, -0.2) is 38.0 Å². The molecule has 20 heavy (non-hydrogen) atoms. The lowest BCUT2D eigenvalue weighted by Gasteiger charge is -2.42. The molecule has 1 heterocycles. The number of ether oxygens (including phenoxy) is 2. The highest BCUT2D eigenvalue weighted by atomic mass is 16.5. The zero-order chi connectivity index (χ0) is 14.6. The Morgan fingerprint density at radius 2 is 2.10 bits per heavy atom. The standard InChI is InChI=1S/C17H33NO2/c1-5-7-18-15-6-8-19-12-16(15)20-14-9-13(2)10-17(3,4)11-14/h13-16,18H,5-12H2,1-4H3. The van der Waals surface area contributed by atoms with Gasteiger partial charge in [-0.2, -0.15) is 0 Å². The van der Waals surface area contributed by atoms with Gasteiger partial charge < -0.3 is 14.8 Å². The molecule has 3 nitrogen and oxygen atoms in total. The van der Waals surface area contributed by atoms with E-state index in [-0.39, 0.29) is 6.10 Å². The molecule has 1 saturated carbocycles. The van der Waals surface area contributed by atoms with Gasteiger partial charge in [0.25, 0.3) is 0 Å². The Kier molecular flexibility index (Phi) is 5.88. The Labute approximate surface area is 124 Å². The van der Waals surface area contributed by atoms with Gasteiger partial charge in [-0.3, -0.25) is 0 Å². The molecule has 1 saturated heterocycles. The van der Waals surface area contributed by atoms with E-state index in [2.05, 4.69) is 33.0 Å². The van der Waals surface area contributed by atoms with Gasteiger partial charge in [0.15, 0.2) is 0 Å². The summed E-state index contributed by atoms with van der Waals surface area (Å²) in [7, 11) is 0. The van der Waals surface area contributed by atoms with Gasteiger partial charge in [-0.05, 0) is 50.0 Å². The summed E-state index contributed by atoms with van der Waals surface area (Å²) in [5.41, 5.74) is 0.421. The third-order valence-corrected chi connectivity index (χ3v) is 4.67. The molecule has 3 heteroatoms. The van der Waals surface area contributed by atoms with Crippen LogP contribution in [0, 0.1) is 11.3 Å². The van der Waals surface area contributed by atoms with Crippen molar-refractivity contribution in [1.29, 1.82) is 0 Å². The third kappa shape index (κ3) is 4.71. The summed E-state index contributed by atoms with van der Waals surface area (Å²) in [4.78, 5) is 0. The highest BCUT2D eigenvalue weighted by molar-refractivity contribution is 4.87. The van der Waals surface area contributed by atoms with Gasteiger partial charge in [-0.15, -0.1) is 0 Å². The molecule has 0 aromatic heterocycles. The molecule has 2 rings (SSSR count). The van der Waals surface area contributed by atoms with E-state index >= 15 is 0 Å². The van der Waals surface area contributed by atoms with Gasteiger partial charge in [0.1, 0.15) is 0 Å². The number of nitrogens with one attached hydrogen (secondary N) is 1. The molecule has 0 aromatic carbocycles. The molecule has 0 amide bonds. The molecule has 0 radical (unpaired) electrons. The zero-order valence-corrected chi connectivity index (χ0v) is 13.8. The average Bonchev–Trinajstić information content (AvgIpc) is 2.35. The summed E-state index contributed by atoms with van der Waals surface area (Å²) in [5.74, 6) is 0.773. The largest absolute Gasteiger partial charge is 0.379 e. The van der Waals surface area contributed by atoms with Crippen molar-refractivity contribution >= 4 is 0 Å². The lowest BCUT2D eigenvalue weighted by Crippen LogP contribution is -2.50. The summed E-state index contributed by atoms with van der Waals surface area (Å²) in [6.07, 6.45) is 6.63. The molecule has 118 valence electrons. The Morgan fingerprint density at radius 1 is 1.30 bits per heavy atom. The van der Waals surface area contributed by atoms with E-state index in [0.29, 0.717) is 17.6 Å². The van der Waals surface area contributed by atoms with E-state index in [1.54, 1.807) is 0 Å². The van der Waals surface area contributed by atoms with Crippen LogP contribution in [0.3, 0.4) is 0 Å². The Hall–Kier alpha value is -0.120. The fourth-order valence-corrected chi connectivity index (χ4v) is 4.02. The fourth-order valence-electron chi connectivity index (χ4n) is 4.02. The van der Waals surface area contributed by atoms with Crippen LogP contribution in [0.1, 0.15) is 59.8 Å². The molecule has 0 aromatic rings. The highest BCUT2D eigenvalue weighted by Gasteiger charge is 2.36. The lowest BCUT2D eigenvalue weighted by atomic mass is 9.71. The summed E-state index contributed by atoms with van der Waals surface area (Å²) < 4.78 is 12.1. The molecule has 1 aliphatic carbocycles. The van der Waals surface area contributed by atoms with Crippen LogP contribution in [0.15, 0.2) is 0 Å². The molecule has 4 unspecified atom stereocenters. The third-order valence-electron chi connectivity index (χ3n) is 4.67. The lowest BCUT2D eigenvalue weighted by molar-refractivity contribution is -0.124. The quantitative estimate of drug-likeness (QED) is 0.839. The normalized spacial score (nSPS) is 37.8. The molecule has 2 fully saturated rings. The van der Waals surface area contributed by atoms with Gasteiger partial charge in [-0.25, -0.2) is 0 Å². The van der Waals surface area contributed by atoms with Gasteiger partial charge in [0, 0.05) is 12.6 Å². The van der Waals surface area contributed by atoms with E-state index in [1.165, 1.54) is 25.7 Å². The fraction of sp³-hybridized carbons (Fsp3) is 1.00. The van der Waals surface area contributed by atoms with Gasteiger partial charge in [-0.1, -0.05) is 27.7 Å². The predicted molar refractivity (Wildman–Crippen MR) is 83.0 cm³/mol. The van der Waals surface area contributed by atoms with Crippen molar-refractivity contribution < 1.29 is 9.47 Å². The van der Waals surface area contributed by atoms with E-state index in [4.69, 9.17) is 9.47 Å². The molecule has 0 bridgehead atoms. The van der Waals surface area contributed by atoms with Crippen molar-refractivity contribution in [3.05, 3.63) is 0 Å². The number of hydrogen-bond acceptors (Lipinski definition) is 3. The second kappa shape index (κ2) is 7.24. The maximum atomic E-state index is 6.46. The number of rotatable bonds is 5. The molecular weight excluding hydrogens is 250 g/mol. The van der Waals surface area contributed by atoms with Crippen LogP contribution in [0.2, 0.25) is 0 Å². The topological polar surface area (TPSA) is 30.5 Å². The summed E-state index contributed by atoms with van der Waals surface area (Å²) >= 11 is 0. The summed E-state index contributed by atoms with van der Waals surface area (Å²) in [5, 5.41) is 3.64. The van der Waals surface area contributed by atoms with Gasteiger partial charge in [0.2, 0.25) is 0 Å². The maximum Gasteiger partial charge on any atom is 0.0965 e. The Morgan fingerprint density at radius 3 is 2.80 bits per heavy atom. The minimum atomic E-state index is 0.237. The van der Waals surface area contributed by atoms with Crippen molar-refractivity contribution in [3.63, 3.8) is 0 Å². The van der Waals surface area contributed by atoms with E-state index < -0.39 is 0 Å². The molecule has 4 atom stereocenters. The Balaban J connectivity index is 1.89. The van der Waals surface area contributed by atoms with Crippen molar-refractivity contribution in [2.75, 3.05) is 19.8 Å². The predicted octanol–water partition coefficient (Wildman–Crippen LogP) is 3.37. The Bertz CT molecular complexity index is 293. The maximum absolute atomic E-state index is 6.46. The first-order valence-corrected chi connectivity index (χ1v) is 8.47. The molecule has 1 aliphatic heterocycles. The second-order valence-electron chi connectivity index (χ2n) is 7.63. The molecular formula is C17H33NO2. The molecule has 1 N–H and O–H groups in total. The van der Waals surface area contributed by atoms with Crippen molar-refractivity contribution in [3.8, 4) is 0 Å². The first-order valence-electron chi connectivity index (χ1n) is 8.47. The van der Waals surface area contributed by atoms with Crippen LogP contribution in [-0.2, 0) is 9.47 Å². The van der Waals surface area contributed by atoms with E-state index in [9.17, 15) is 0 Å². The summed E-state index contributed by atoms with van der Waals surface area (Å²) in [6, 6.07) is 0.476. The average molecular weight is 283 g/mol. The van der Waals surface area contributed by atoms with E-state index in [1.807, 2.05) is 0 Å². The minimum Gasteiger partial charge on any atom is -0.379 e. The van der Waals surface area contributed by atoms with Crippen LogP contribution in [0.25, 0.3) is 0 Å². The van der Waals surface area contributed by atoms with Crippen LogP contribution in [0.4, 0.5) is 0 Å². The first-order chi connectivity index (χ1) is 9.50. The van der Waals surface area contributed by atoms with Crippen molar-refractivity contribution in [2.24, 2.45) is 11.3 Å². The SMILES string of the molecule is CCCNC1CCOCC1OC1CC(C)CC(C)(C)C1. The van der Waals surface area contributed by atoms with Gasteiger partial charge >= 0.3 is 0 Å². The van der Waals surface area contributed by atoms with Crippen LogP contribution < -0.4 is 5.32 Å². The molecule has 0 spiro atoms. The van der Waals surface area contributed by atoms with Crippen LogP contribution in [0.5, 0.6) is 0 Å². The summed E-state index contributed by atoms with van der Waals surface area (Å²) in [6.45, 7) is 12.0. The zero-order valence-electron chi connectivity index (χ0n) is 13.8. The smallest absolute Gasteiger partial charge is 0.0965 e. The van der Waals surface area contributed by atoms with Crippen LogP contribution >= 0.6 is 0 Å². The number of hydrogen-bond donors (Lipinski definition) is 1. The monoisotopic (exact) mass is 283 g/mol. The van der Waals surface area contributed by atoms with Crippen molar-refractivity contribution in [2.45, 2.75) is 78.0 Å².